The molecule has 154 valence electrons. The second-order valence-corrected chi connectivity index (χ2v) is 7.09. The lowest BCUT2D eigenvalue weighted by Crippen LogP contribution is -2.28. The fourth-order valence-corrected chi connectivity index (χ4v) is 3.46. The summed E-state index contributed by atoms with van der Waals surface area (Å²) in [6, 6.07) is 10.3. The van der Waals surface area contributed by atoms with Gasteiger partial charge in [0, 0.05) is 48.1 Å². The summed E-state index contributed by atoms with van der Waals surface area (Å²) in [7, 11) is 1.52. The minimum absolute atomic E-state index is 0.00943. The summed E-state index contributed by atoms with van der Waals surface area (Å²) in [5, 5.41) is 4.00. The predicted molar refractivity (Wildman–Crippen MR) is 106 cm³/mol. The summed E-state index contributed by atoms with van der Waals surface area (Å²) in [6.45, 7) is 0.674. The van der Waals surface area contributed by atoms with Gasteiger partial charge in [-0.3, -0.25) is 4.79 Å². The van der Waals surface area contributed by atoms with E-state index in [9.17, 15) is 18.0 Å². The van der Waals surface area contributed by atoms with Gasteiger partial charge < -0.3 is 15.0 Å². The van der Waals surface area contributed by atoms with Gasteiger partial charge in [-0.2, -0.15) is 13.2 Å². The van der Waals surface area contributed by atoms with Gasteiger partial charge in [0.15, 0.2) is 0 Å². The molecule has 0 unspecified atom stereocenters. The lowest BCUT2D eigenvalue weighted by atomic mass is 9.87. The molecular formula is C21H20ClF3N2O2. The summed E-state index contributed by atoms with van der Waals surface area (Å²) in [5.41, 5.74) is 1.16. The van der Waals surface area contributed by atoms with E-state index in [0.29, 0.717) is 29.3 Å². The molecular weight excluding hydrogens is 405 g/mol. The fraction of sp³-hybridized carbons (Fsp3) is 0.286. The van der Waals surface area contributed by atoms with Crippen LogP contribution >= 0.6 is 11.6 Å². The molecule has 8 heteroatoms. The van der Waals surface area contributed by atoms with E-state index in [1.807, 2.05) is 0 Å². The Kier molecular flexibility index (Phi) is 6.49. The van der Waals surface area contributed by atoms with Crippen molar-refractivity contribution in [2.24, 2.45) is 0 Å². The molecule has 3 rings (SSSR count). The quantitative estimate of drug-likeness (QED) is 0.517. The molecule has 2 aromatic carbocycles. The highest BCUT2D eigenvalue weighted by atomic mass is 35.5. The Balaban J connectivity index is 2.02. The summed E-state index contributed by atoms with van der Waals surface area (Å²) in [4.78, 5) is 15.6. The van der Waals surface area contributed by atoms with E-state index in [2.05, 4.69) is 10.3 Å². The Labute approximate surface area is 171 Å². The number of methoxy groups -OCH3 is 1. The highest BCUT2D eigenvalue weighted by Crippen LogP contribution is 2.37. The largest absolute Gasteiger partial charge is 0.416 e. The molecule has 0 saturated heterocycles. The number of amides is 1. The molecule has 0 fully saturated rings. The van der Waals surface area contributed by atoms with E-state index in [4.69, 9.17) is 16.3 Å². The molecule has 1 heterocycles. The van der Waals surface area contributed by atoms with Crippen LogP contribution in [0.15, 0.2) is 48.7 Å². The Bertz CT molecular complexity index is 1000. The number of halogens is 4. The number of ether oxygens (including phenoxy) is 1. The van der Waals surface area contributed by atoms with Gasteiger partial charge in [-0.25, -0.2) is 0 Å². The van der Waals surface area contributed by atoms with E-state index in [-0.39, 0.29) is 12.3 Å². The zero-order chi connectivity index (χ0) is 21.0. The molecule has 0 radical (unpaired) electrons. The normalized spacial score (nSPS) is 12.9. The molecule has 0 bridgehead atoms. The summed E-state index contributed by atoms with van der Waals surface area (Å²) < 4.78 is 44.6. The molecule has 3 aromatic rings. The van der Waals surface area contributed by atoms with Crippen LogP contribution in [0.25, 0.3) is 10.9 Å². The number of alkyl halides is 3. The first-order valence-corrected chi connectivity index (χ1v) is 9.36. The molecule has 0 aliphatic rings. The van der Waals surface area contributed by atoms with Gasteiger partial charge in [-0.05, 0) is 35.4 Å². The topological polar surface area (TPSA) is 54.1 Å². The molecule has 0 aliphatic carbocycles. The maximum absolute atomic E-state index is 13.2. The predicted octanol–water partition coefficient (Wildman–Crippen LogP) is 5.12. The minimum atomic E-state index is -4.47. The van der Waals surface area contributed by atoms with Gasteiger partial charge in [0.1, 0.15) is 0 Å². The van der Waals surface area contributed by atoms with Gasteiger partial charge in [0.2, 0.25) is 5.91 Å². The molecule has 4 nitrogen and oxygen atoms in total. The second kappa shape index (κ2) is 8.88. The molecule has 0 saturated carbocycles. The number of fused-ring (bicyclic) bond motifs is 1. The highest BCUT2D eigenvalue weighted by molar-refractivity contribution is 6.31. The summed E-state index contributed by atoms with van der Waals surface area (Å²) in [5.74, 6) is -0.854. The molecule has 0 aliphatic heterocycles. The molecule has 29 heavy (non-hydrogen) atoms. The van der Waals surface area contributed by atoms with Crippen LogP contribution in [0.5, 0.6) is 0 Å². The van der Waals surface area contributed by atoms with Crippen molar-refractivity contribution in [3.63, 3.8) is 0 Å². The van der Waals surface area contributed by atoms with Crippen molar-refractivity contribution in [3.05, 3.63) is 70.4 Å². The van der Waals surface area contributed by atoms with Crippen molar-refractivity contribution in [3.8, 4) is 0 Å². The molecule has 0 spiro atoms. The van der Waals surface area contributed by atoms with Crippen LogP contribution in [-0.2, 0) is 15.7 Å². The molecule has 2 N–H and O–H groups in total. The van der Waals surface area contributed by atoms with Crippen LogP contribution in [0.1, 0.15) is 29.0 Å². The SMILES string of the molecule is COCCNC(=O)C[C@@H](c1cccc(C(F)(F)F)c1)c1c[nH]c2ccc(Cl)cc12. The van der Waals surface area contributed by atoms with E-state index in [1.54, 1.807) is 30.5 Å². The van der Waals surface area contributed by atoms with Gasteiger partial charge in [-0.1, -0.05) is 29.8 Å². The number of rotatable bonds is 7. The van der Waals surface area contributed by atoms with Crippen LogP contribution in [0.3, 0.4) is 0 Å². The maximum atomic E-state index is 13.2. The number of nitrogens with one attached hydrogen (secondary N) is 2. The number of hydrogen-bond acceptors (Lipinski definition) is 2. The van der Waals surface area contributed by atoms with E-state index in [1.165, 1.54) is 13.2 Å². The van der Waals surface area contributed by atoms with Gasteiger partial charge in [0.25, 0.3) is 0 Å². The van der Waals surface area contributed by atoms with Gasteiger partial charge >= 0.3 is 6.18 Å². The molecule has 1 amide bonds. The first-order chi connectivity index (χ1) is 13.8. The van der Waals surface area contributed by atoms with Crippen molar-refractivity contribution >= 4 is 28.4 Å². The number of aromatic nitrogens is 1. The van der Waals surface area contributed by atoms with Crippen LogP contribution in [-0.4, -0.2) is 31.2 Å². The van der Waals surface area contributed by atoms with E-state index < -0.39 is 17.7 Å². The Morgan fingerprint density at radius 3 is 2.76 bits per heavy atom. The van der Waals surface area contributed by atoms with E-state index >= 15 is 0 Å². The lowest BCUT2D eigenvalue weighted by Gasteiger charge is -2.19. The van der Waals surface area contributed by atoms with Crippen molar-refractivity contribution in [1.82, 2.24) is 10.3 Å². The zero-order valence-corrected chi connectivity index (χ0v) is 16.4. The summed E-state index contributed by atoms with van der Waals surface area (Å²) >= 11 is 6.12. The van der Waals surface area contributed by atoms with Gasteiger partial charge in [0.05, 0.1) is 12.2 Å². The lowest BCUT2D eigenvalue weighted by molar-refractivity contribution is -0.137. The molecule has 1 aromatic heterocycles. The third-order valence-corrected chi connectivity index (χ3v) is 4.92. The minimum Gasteiger partial charge on any atom is -0.383 e. The Hall–Kier alpha value is -2.51. The standard InChI is InChI=1S/C21H20ClF3N2O2/c1-29-8-7-26-20(28)11-16(13-3-2-4-14(9-13)21(23,24)25)18-12-27-19-6-5-15(22)10-17(18)19/h2-6,9-10,12,16,27H,7-8,11H2,1H3,(H,26,28)/t16-/m0/s1. The van der Waals surface area contributed by atoms with Crippen molar-refractivity contribution < 1.29 is 22.7 Å². The van der Waals surface area contributed by atoms with Crippen molar-refractivity contribution in [1.29, 1.82) is 0 Å². The monoisotopic (exact) mass is 424 g/mol. The third-order valence-electron chi connectivity index (χ3n) is 4.69. The van der Waals surface area contributed by atoms with Crippen molar-refractivity contribution in [2.45, 2.75) is 18.5 Å². The summed E-state index contributed by atoms with van der Waals surface area (Å²) in [6.07, 6.45) is -2.76. The number of benzene rings is 2. The van der Waals surface area contributed by atoms with Crippen LogP contribution in [0, 0.1) is 0 Å². The number of H-pyrrole nitrogens is 1. The second-order valence-electron chi connectivity index (χ2n) is 6.66. The number of aromatic amines is 1. The maximum Gasteiger partial charge on any atom is 0.416 e. The number of hydrogen-bond donors (Lipinski definition) is 2. The van der Waals surface area contributed by atoms with Crippen LogP contribution in [0.2, 0.25) is 5.02 Å². The van der Waals surface area contributed by atoms with Crippen molar-refractivity contribution in [2.75, 3.05) is 20.3 Å². The Morgan fingerprint density at radius 2 is 2.03 bits per heavy atom. The number of carbonyl (C=O) groups is 1. The average Bonchev–Trinajstić information content (AvgIpc) is 3.08. The first kappa shape index (κ1) is 21.2. The van der Waals surface area contributed by atoms with Crippen LogP contribution in [0.4, 0.5) is 13.2 Å². The Morgan fingerprint density at radius 1 is 1.24 bits per heavy atom. The average molecular weight is 425 g/mol. The van der Waals surface area contributed by atoms with Gasteiger partial charge in [-0.15, -0.1) is 0 Å². The fourth-order valence-electron chi connectivity index (χ4n) is 3.29. The van der Waals surface area contributed by atoms with Crippen LogP contribution < -0.4 is 5.32 Å². The smallest absolute Gasteiger partial charge is 0.383 e. The highest BCUT2D eigenvalue weighted by Gasteiger charge is 2.31. The number of carbonyl (C=O) groups excluding carboxylic acids is 1. The van der Waals surface area contributed by atoms with E-state index in [0.717, 1.165) is 23.0 Å². The molecule has 1 atom stereocenters. The zero-order valence-electron chi connectivity index (χ0n) is 15.6. The first-order valence-electron chi connectivity index (χ1n) is 8.99. The third kappa shape index (κ3) is 5.10.